The molecule has 0 atom stereocenters. The Hall–Kier alpha value is -1.99. The van der Waals surface area contributed by atoms with Crippen LogP contribution < -0.4 is 4.90 Å². The minimum Gasteiger partial charge on any atom is -0.368 e. The van der Waals surface area contributed by atoms with Gasteiger partial charge in [-0.1, -0.05) is 0 Å². The maximum Gasteiger partial charge on any atom is 0.179 e. The van der Waals surface area contributed by atoms with E-state index < -0.39 is 0 Å². The van der Waals surface area contributed by atoms with E-state index in [9.17, 15) is 0 Å². The molecular weight excluding hydrogens is 296 g/mol. The molecule has 6 nitrogen and oxygen atoms in total. The fraction of sp³-hybridized carbons (Fsp3) is 0.400. The van der Waals surface area contributed by atoms with E-state index in [1.807, 2.05) is 13.1 Å². The Kier molecular flexibility index (Phi) is 3.51. The number of hydrogen-bond donors (Lipinski definition) is 0. The fourth-order valence-corrected chi connectivity index (χ4v) is 3.53. The van der Waals surface area contributed by atoms with Crippen molar-refractivity contribution in [3.8, 4) is 0 Å². The molecule has 22 heavy (non-hydrogen) atoms. The standard InChI is InChI=1S/C15H18N6S/c1-12-17-18-15-8-14(9-16-21(12)15)20-5-3-19(4-6-20)10-13-2-7-22-11-13/h2,7-9,11H,3-6,10H2,1H3. The Bertz CT molecular complexity index is 758. The SMILES string of the molecule is Cc1nnc2cc(N3CCN(Cc4ccsc4)CC3)cnn12. The summed E-state index contributed by atoms with van der Waals surface area (Å²) in [6.45, 7) is 7.16. The molecule has 1 fully saturated rings. The van der Waals surface area contributed by atoms with E-state index in [0.29, 0.717) is 0 Å². The monoisotopic (exact) mass is 314 g/mol. The fourth-order valence-electron chi connectivity index (χ4n) is 2.87. The van der Waals surface area contributed by atoms with Crippen LogP contribution in [0.3, 0.4) is 0 Å². The van der Waals surface area contributed by atoms with Gasteiger partial charge in [0.1, 0.15) is 0 Å². The highest BCUT2D eigenvalue weighted by Gasteiger charge is 2.18. The summed E-state index contributed by atoms with van der Waals surface area (Å²) in [5.41, 5.74) is 3.37. The Labute approximate surface area is 133 Å². The number of thiophene rings is 1. The normalized spacial score (nSPS) is 16.5. The quantitative estimate of drug-likeness (QED) is 0.738. The van der Waals surface area contributed by atoms with Crippen molar-refractivity contribution in [3.05, 3.63) is 40.5 Å². The van der Waals surface area contributed by atoms with Gasteiger partial charge in [-0.05, 0) is 29.3 Å². The lowest BCUT2D eigenvalue weighted by molar-refractivity contribution is 0.250. The van der Waals surface area contributed by atoms with Crippen molar-refractivity contribution < 1.29 is 0 Å². The molecule has 3 aromatic rings. The van der Waals surface area contributed by atoms with Gasteiger partial charge in [-0.3, -0.25) is 4.90 Å². The van der Waals surface area contributed by atoms with E-state index in [1.54, 1.807) is 15.9 Å². The molecule has 114 valence electrons. The second-order valence-corrected chi connectivity index (χ2v) is 6.41. The van der Waals surface area contributed by atoms with Crippen LogP contribution in [0, 0.1) is 6.92 Å². The third-order valence-corrected chi connectivity index (χ3v) is 4.86. The molecule has 4 rings (SSSR count). The number of rotatable bonds is 3. The molecule has 0 amide bonds. The van der Waals surface area contributed by atoms with Gasteiger partial charge >= 0.3 is 0 Å². The van der Waals surface area contributed by atoms with Crippen LogP contribution in [0.5, 0.6) is 0 Å². The van der Waals surface area contributed by atoms with Gasteiger partial charge < -0.3 is 4.90 Å². The minimum atomic E-state index is 0.815. The van der Waals surface area contributed by atoms with Gasteiger partial charge in [0.15, 0.2) is 11.5 Å². The molecule has 0 saturated carbocycles. The lowest BCUT2D eigenvalue weighted by Gasteiger charge is -2.35. The van der Waals surface area contributed by atoms with E-state index in [-0.39, 0.29) is 0 Å². The maximum atomic E-state index is 4.43. The summed E-state index contributed by atoms with van der Waals surface area (Å²) >= 11 is 1.77. The topological polar surface area (TPSA) is 49.6 Å². The van der Waals surface area contributed by atoms with Crippen molar-refractivity contribution in [2.45, 2.75) is 13.5 Å². The molecule has 7 heteroatoms. The van der Waals surface area contributed by atoms with Gasteiger partial charge in [-0.15, -0.1) is 10.2 Å². The Balaban J connectivity index is 1.43. The van der Waals surface area contributed by atoms with Crippen molar-refractivity contribution >= 4 is 22.7 Å². The van der Waals surface area contributed by atoms with Crippen LogP contribution in [0.1, 0.15) is 11.4 Å². The number of fused-ring (bicyclic) bond motifs is 1. The van der Waals surface area contributed by atoms with E-state index in [1.165, 1.54) is 5.56 Å². The predicted molar refractivity (Wildman–Crippen MR) is 87.3 cm³/mol. The van der Waals surface area contributed by atoms with Crippen molar-refractivity contribution in [1.29, 1.82) is 0 Å². The molecule has 1 saturated heterocycles. The molecule has 0 bridgehead atoms. The average Bonchev–Trinajstić information content (AvgIpc) is 3.18. The molecule has 0 N–H and O–H groups in total. The molecule has 4 heterocycles. The zero-order chi connectivity index (χ0) is 14.9. The lowest BCUT2D eigenvalue weighted by atomic mass is 10.2. The lowest BCUT2D eigenvalue weighted by Crippen LogP contribution is -2.46. The van der Waals surface area contributed by atoms with Crippen molar-refractivity contribution in [3.63, 3.8) is 0 Å². The predicted octanol–water partition coefficient (Wildman–Crippen LogP) is 1.82. The number of piperazine rings is 1. The highest BCUT2D eigenvalue weighted by Crippen LogP contribution is 2.18. The average molecular weight is 314 g/mol. The van der Waals surface area contributed by atoms with Crippen molar-refractivity contribution in [1.82, 2.24) is 24.7 Å². The second kappa shape index (κ2) is 5.66. The highest BCUT2D eigenvalue weighted by molar-refractivity contribution is 7.07. The van der Waals surface area contributed by atoms with E-state index in [4.69, 9.17) is 0 Å². The van der Waals surface area contributed by atoms with Gasteiger partial charge in [0.05, 0.1) is 11.9 Å². The largest absolute Gasteiger partial charge is 0.368 e. The van der Waals surface area contributed by atoms with Crippen LogP contribution >= 0.6 is 11.3 Å². The summed E-state index contributed by atoms with van der Waals surface area (Å²) in [7, 11) is 0. The Morgan fingerprint density at radius 1 is 1.18 bits per heavy atom. The van der Waals surface area contributed by atoms with Crippen LogP contribution in [-0.4, -0.2) is 50.9 Å². The van der Waals surface area contributed by atoms with Gasteiger partial charge in [-0.25, -0.2) is 0 Å². The Morgan fingerprint density at radius 3 is 2.82 bits per heavy atom. The molecular formula is C15H18N6S. The second-order valence-electron chi connectivity index (χ2n) is 5.63. The van der Waals surface area contributed by atoms with Gasteiger partial charge in [0.2, 0.25) is 0 Å². The summed E-state index contributed by atoms with van der Waals surface area (Å²) in [5, 5.41) is 17.0. The van der Waals surface area contributed by atoms with Crippen LogP contribution in [-0.2, 0) is 6.54 Å². The molecule has 1 aliphatic rings. The van der Waals surface area contributed by atoms with Crippen LogP contribution in [0.2, 0.25) is 0 Å². The van der Waals surface area contributed by atoms with Crippen LogP contribution in [0.25, 0.3) is 5.65 Å². The summed E-state index contributed by atoms with van der Waals surface area (Å²) in [4.78, 5) is 4.88. The first-order valence-corrected chi connectivity index (χ1v) is 8.40. The number of hydrogen-bond acceptors (Lipinski definition) is 6. The first kappa shape index (κ1) is 13.7. The van der Waals surface area contributed by atoms with Crippen molar-refractivity contribution in [2.24, 2.45) is 0 Å². The zero-order valence-corrected chi connectivity index (χ0v) is 13.3. The van der Waals surface area contributed by atoms with Gasteiger partial charge in [0.25, 0.3) is 0 Å². The first-order valence-electron chi connectivity index (χ1n) is 7.46. The van der Waals surface area contributed by atoms with Crippen LogP contribution in [0.15, 0.2) is 29.1 Å². The van der Waals surface area contributed by atoms with E-state index >= 15 is 0 Å². The third kappa shape index (κ3) is 2.57. The molecule has 0 aliphatic carbocycles. The maximum absolute atomic E-state index is 4.43. The summed E-state index contributed by atoms with van der Waals surface area (Å²) < 4.78 is 1.77. The zero-order valence-electron chi connectivity index (χ0n) is 12.5. The summed E-state index contributed by atoms with van der Waals surface area (Å²) in [6.07, 6.45) is 1.91. The van der Waals surface area contributed by atoms with Crippen LogP contribution in [0.4, 0.5) is 5.69 Å². The van der Waals surface area contributed by atoms with E-state index in [2.05, 4.69) is 48.0 Å². The number of aryl methyl sites for hydroxylation is 1. The number of aromatic nitrogens is 4. The van der Waals surface area contributed by atoms with E-state index in [0.717, 1.165) is 49.9 Å². The Morgan fingerprint density at radius 2 is 2.05 bits per heavy atom. The smallest absolute Gasteiger partial charge is 0.179 e. The van der Waals surface area contributed by atoms with Gasteiger partial charge in [0, 0.05) is 38.8 Å². The number of nitrogens with zero attached hydrogens (tertiary/aromatic N) is 6. The molecule has 0 spiro atoms. The molecule has 0 aromatic carbocycles. The third-order valence-electron chi connectivity index (χ3n) is 4.13. The van der Waals surface area contributed by atoms with Gasteiger partial charge in [-0.2, -0.15) is 21.0 Å². The molecule has 3 aromatic heterocycles. The molecule has 1 aliphatic heterocycles. The number of anilines is 1. The molecule has 0 unspecified atom stereocenters. The summed E-state index contributed by atoms with van der Waals surface area (Å²) in [5.74, 6) is 0.821. The van der Waals surface area contributed by atoms with Crippen molar-refractivity contribution in [2.75, 3.05) is 31.1 Å². The first-order chi connectivity index (χ1) is 10.8. The minimum absolute atomic E-state index is 0.815. The highest BCUT2D eigenvalue weighted by atomic mass is 32.1. The molecule has 0 radical (unpaired) electrons. The summed E-state index contributed by atoms with van der Waals surface area (Å²) in [6, 6.07) is 4.28.